The van der Waals surface area contributed by atoms with Crippen molar-refractivity contribution in [3.05, 3.63) is 42.0 Å². The molecule has 0 heterocycles. The predicted molar refractivity (Wildman–Crippen MR) is 68.7 cm³/mol. The molecule has 2 heteroatoms. The third-order valence-electron chi connectivity index (χ3n) is 2.79. The zero-order valence-corrected chi connectivity index (χ0v) is 10.3. The highest BCUT2D eigenvalue weighted by atomic mass is 32.2. The minimum absolute atomic E-state index is 0.273. The minimum Gasteiger partial charge on any atom is -0.295 e. The lowest BCUT2D eigenvalue weighted by Gasteiger charge is -2.18. The molecule has 0 amide bonds. The highest BCUT2D eigenvalue weighted by Crippen LogP contribution is 2.30. The molecule has 1 aliphatic carbocycles. The molecular weight excluding hydrogens is 216 g/mol. The summed E-state index contributed by atoms with van der Waals surface area (Å²) in [4.78, 5) is 13.0. The summed E-state index contributed by atoms with van der Waals surface area (Å²) in [7, 11) is 0. The van der Waals surface area contributed by atoms with Gasteiger partial charge in [0.2, 0.25) is 0 Å². The van der Waals surface area contributed by atoms with Crippen LogP contribution in [-0.4, -0.2) is 11.0 Å². The Bertz CT molecular complexity index is 394. The molecule has 0 fully saturated rings. The Balaban J connectivity index is 2.05. The Morgan fingerprint density at radius 2 is 2.00 bits per heavy atom. The summed E-state index contributed by atoms with van der Waals surface area (Å²) in [5.41, 5.74) is 1.01. The zero-order valence-electron chi connectivity index (χ0n) is 9.48. The van der Waals surface area contributed by atoms with Crippen molar-refractivity contribution in [2.45, 2.75) is 36.3 Å². The average Bonchev–Trinajstić information content (AvgIpc) is 2.31. The molecule has 84 valence electrons. The van der Waals surface area contributed by atoms with Crippen molar-refractivity contribution in [1.29, 1.82) is 0 Å². The minimum atomic E-state index is 0.273. The van der Waals surface area contributed by atoms with Gasteiger partial charge in [0.15, 0.2) is 5.78 Å². The quantitative estimate of drug-likeness (QED) is 0.736. The lowest BCUT2D eigenvalue weighted by molar-refractivity contribution is -0.116. The predicted octanol–water partition coefficient (Wildman–Crippen LogP) is 3.85. The molecule has 2 rings (SSSR count). The van der Waals surface area contributed by atoms with Crippen molar-refractivity contribution in [2.24, 2.45) is 0 Å². The van der Waals surface area contributed by atoms with E-state index in [1.54, 1.807) is 11.8 Å². The molecule has 16 heavy (non-hydrogen) atoms. The van der Waals surface area contributed by atoms with Crippen LogP contribution in [0.5, 0.6) is 0 Å². The average molecular weight is 232 g/mol. The summed E-state index contributed by atoms with van der Waals surface area (Å²) in [6.45, 7) is 2.12. The van der Waals surface area contributed by atoms with Crippen molar-refractivity contribution in [1.82, 2.24) is 0 Å². The van der Waals surface area contributed by atoms with E-state index in [9.17, 15) is 4.79 Å². The van der Waals surface area contributed by atoms with Gasteiger partial charge in [-0.15, -0.1) is 11.8 Å². The van der Waals surface area contributed by atoms with Crippen molar-refractivity contribution >= 4 is 17.5 Å². The van der Waals surface area contributed by atoms with Crippen LogP contribution in [0.25, 0.3) is 0 Å². The molecule has 0 N–H and O–H groups in total. The third kappa shape index (κ3) is 2.76. The molecule has 1 atom stereocenters. The van der Waals surface area contributed by atoms with E-state index in [0.29, 0.717) is 5.78 Å². The van der Waals surface area contributed by atoms with E-state index in [0.717, 1.165) is 24.8 Å². The van der Waals surface area contributed by atoms with Crippen LogP contribution in [0.2, 0.25) is 0 Å². The summed E-state index contributed by atoms with van der Waals surface area (Å²) >= 11 is 1.76. The standard InChI is InChI=1S/C14H16OS/c1-11(13-9-5-6-10-14(13)15)16-12-7-3-2-4-8-12/h2-4,7-9,11H,5-6,10H2,1H3. The van der Waals surface area contributed by atoms with E-state index in [1.165, 1.54) is 4.90 Å². The van der Waals surface area contributed by atoms with E-state index in [-0.39, 0.29) is 5.25 Å². The van der Waals surface area contributed by atoms with Gasteiger partial charge in [-0.3, -0.25) is 4.79 Å². The van der Waals surface area contributed by atoms with Gasteiger partial charge < -0.3 is 0 Å². The SMILES string of the molecule is CC(Sc1ccccc1)C1=CCCCC1=O. The fourth-order valence-corrected chi connectivity index (χ4v) is 3.01. The lowest BCUT2D eigenvalue weighted by atomic mass is 9.96. The fourth-order valence-electron chi connectivity index (χ4n) is 1.94. The van der Waals surface area contributed by atoms with Gasteiger partial charge in [0.1, 0.15) is 0 Å². The smallest absolute Gasteiger partial charge is 0.159 e. The Hall–Kier alpha value is -1.02. The van der Waals surface area contributed by atoms with Gasteiger partial charge in [0, 0.05) is 22.1 Å². The topological polar surface area (TPSA) is 17.1 Å². The molecule has 1 aromatic carbocycles. The van der Waals surface area contributed by atoms with E-state index in [1.807, 2.05) is 18.2 Å². The molecule has 1 aliphatic rings. The number of Topliss-reactive ketones (excluding diaryl/α,β-unsaturated/α-hetero) is 1. The fraction of sp³-hybridized carbons (Fsp3) is 0.357. The van der Waals surface area contributed by atoms with Gasteiger partial charge in [-0.25, -0.2) is 0 Å². The first-order chi connectivity index (χ1) is 7.77. The summed E-state index contributed by atoms with van der Waals surface area (Å²) in [5.74, 6) is 0.335. The van der Waals surface area contributed by atoms with Crippen molar-refractivity contribution in [3.8, 4) is 0 Å². The summed E-state index contributed by atoms with van der Waals surface area (Å²) in [6, 6.07) is 10.3. The van der Waals surface area contributed by atoms with E-state index >= 15 is 0 Å². The molecule has 0 bridgehead atoms. The van der Waals surface area contributed by atoms with Crippen LogP contribution in [-0.2, 0) is 4.79 Å². The van der Waals surface area contributed by atoms with Crippen LogP contribution in [0.15, 0.2) is 46.9 Å². The second kappa shape index (κ2) is 5.35. The first-order valence-electron chi connectivity index (χ1n) is 5.72. The maximum absolute atomic E-state index is 11.7. The molecule has 0 radical (unpaired) electrons. The number of hydrogen-bond acceptors (Lipinski definition) is 2. The summed E-state index contributed by atoms with van der Waals surface area (Å²) in [5, 5.41) is 0.273. The van der Waals surface area contributed by atoms with Gasteiger partial charge in [-0.1, -0.05) is 24.3 Å². The van der Waals surface area contributed by atoms with Crippen LogP contribution in [0, 0.1) is 0 Å². The van der Waals surface area contributed by atoms with Crippen LogP contribution in [0.3, 0.4) is 0 Å². The Kier molecular flexibility index (Phi) is 3.83. The number of hydrogen-bond donors (Lipinski definition) is 0. The molecule has 0 spiro atoms. The first-order valence-corrected chi connectivity index (χ1v) is 6.60. The van der Waals surface area contributed by atoms with Gasteiger partial charge in [-0.05, 0) is 31.9 Å². The van der Waals surface area contributed by atoms with Crippen LogP contribution in [0.1, 0.15) is 26.2 Å². The Morgan fingerprint density at radius 3 is 2.69 bits per heavy atom. The molecule has 0 aromatic heterocycles. The highest BCUT2D eigenvalue weighted by Gasteiger charge is 2.19. The number of carbonyl (C=O) groups is 1. The monoisotopic (exact) mass is 232 g/mol. The lowest BCUT2D eigenvalue weighted by Crippen LogP contribution is -2.15. The largest absolute Gasteiger partial charge is 0.295 e. The maximum Gasteiger partial charge on any atom is 0.159 e. The van der Waals surface area contributed by atoms with Gasteiger partial charge in [0.25, 0.3) is 0 Å². The molecule has 1 aromatic rings. The number of rotatable bonds is 3. The van der Waals surface area contributed by atoms with Crippen molar-refractivity contribution in [2.75, 3.05) is 0 Å². The number of carbonyl (C=O) groups excluding carboxylic acids is 1. The van der Waals surface area contributed by atoms with Gasteiger partial charge in [-0.2, -0.15) is 0 Å². The van der Waals surface area contributed by atoms with Crippen molar-refractivity contribution < 1.29 is 4.79 Å². The molecule has 1 nitrogen and oxygen atoms in total. The van der Waals surface area contributed by atoms with Gasteiger partial charge in [0.05, 0.1) is 0 Å². The van der Waals surface area contributed by atoms with Gasteiger partial charge >= 0.3 is 0 Å². The van der Waals surface area contributed by atoms with E-state index < -0.39 is 0 Å². The second-order valence-electron chi connectivity index (χ2n) is 4.05. The molecule has 0 saturated carbocycles. The van der Waals surface area contributed by atoms with Crippen LogP contribution >= 0.6 is 11.8 Å². The second-order valence-corrected chi connectivity index (χ2v) is 5.46. The van der Waals surface area contributed by atoms with Crippen LogP contribution in [0.4, 0.5) is 0 Å². The maximum atomic E-state index is 11.7. The first kappa shape index (κ1) is 11.5. The highest BCUT2D eigenvalue weighted by molar-refractivity contribution is 8.00. The summed E-state index contributed by atoms with van der Waals surface area (Å²) < 4.78 is 0. The van der Waals surface area contributed by atoms with Crippen LogP contribution < -0.4 is 0 Å². The number of allylic oxidation sites excluding steroid dienone is 1. The third-order valence-corrected chi connectivity index (χ3v) is 3.94. The van der Waals surface area contributed by atoms with Crippen molar-refractivity contribution in [3.63, 3.8) is 0 Å². The molecule has 1 unspecified atom stereocenters. The zero-order chi connectivity index (χ0) is 11.4. The number of thioether (sulfide) groups is 1. The van der Waals surface area contributed by atoms with E-state index in [2.05, 4.69) is 25.1 Å². The van der Waals surface area contributed by atoms with E-state index in [4.69, 9.17) is 0 Å². The molecule has 0 aliphatic heterocycles. The Morgan fingerprint density at radius 1 is 1.25 bits per heavy atom. The molecular formula is C14H16OS. The Labute approximate surface area is 101 Å². The molecule has 0 saturated heterocycles. The number of benzene rings is 1. The normalized spacial score (nSPS) is 18.1. The number of ketones is 1. The summed E-state index contributed by atoms with van der Waals surface area (Å²) in [6.07, 6.45) is 4.92.